The van der Waals surface area contributed by atoms with Crippen LogP contribution in [0.2, 0.25) is 0 Å². The van der Waals surface area contributed by atoms with E-state index >= 15 is 0 Å². The van der Waals surface area contributed by atoms with E-state index < -0.39 is 11.0 Å². The second-order valence-corrected chi connectivity index (χ2v) is 8.37. The quantitative estimate of drug-likeness (QED) is 0.812. The first kappa shape index (κ1) is 15.9. The predicted molar refractivity (Wildman–Crippen MR) is 90.0 cm³/mol. The van der Waals surface area contributed by atoms with Crippen LogP contribution >= 0.6 is 0 Å². The highest BCUT2D eigenvalue weighted by Crippen LogP contribution is 2.20. The van der Waals surface area contributed by atoms with E-state index in [0.717, 1.165) is 0 Å². The monoisotopic (exact) mass is 301 g/mol. The van der Waals surface area contributed by atoms with E-state index in [1.54, 1.807) is 0 Å². The molecule has 0 saturated carbocycles. The second kappa shape index (κ2) is 7.01. The predicted octanol–water partition coefficient (Wildman–Crippen LogP) is 4.15. The van der Waals surface area contributed by atoms with Crippen LogP contribution in [-0.4, -0.2) is 13.3 Å². The fourth-order valence-electron chi connectivity index (χ4n) is 2.13. The molecule has 0 fully saturated rings. The Balaban J connectivity index is 2.20. The average Bonchev–Trinajstić information content (AvgIpc) is 2.47. The third-order valence-corrected chi connectivity index (χ3v) is 4.94. The van der Waals surface area contributed by atoms with Crippen LogP contribution in [0.5, 0.6) is 0 Å². The zero-order valence-corrected chi connectivity index (χ0v) is 13.8. The molecule has 3 heteroatoms. The van der Waals surface area contributed by atoms with Crippen molar-refractivity contribution in [3.05, 3.63) is 71.8 Å². The second-order valence-electron chi connectivity index (χ2n) is 6.13. The molecule has 0 N–H and O–H groups in total. The van der Waals surface area contributed by atoms with E-state index in [2.05, 4.69) is 24.3 Å². The summed E-state index contributed by atoms with van der Waals surface area (Å²) in [5, 5.41) is 0. The number of hydrogen-bond acceptors (Lipinski definition) is 1. The largest absolute Gasteiger partial charge is 0.242 e. The van der Waals surface area contributed by atoms with Gasteiger partial charge in [-0.15, -0.1) is 0 Å². The minimum Gasteiger partial charge on any atom is -0.242 e. The van der Waals surface area contributed by atoms with Crippen LogP contribution in [0.25, 0.3) is 0 Å². The molecular formula is C18H23NOS. The maximum absolute atomic E-state index is 12.8. The van der Waals surface area contributed by atoms with Gasteiger partial charge in [0.25, 0.3) is 0 Å². The van der Waals surface area contributed by atoms with Crippen molar-refractivity contribution in [2.45, 2.75) is 38.6 Å². The summed E-state index contributed by atoms with van der Waals surface area (Å²) < 4.78 is 14.6. The Kier molecular flexibility index (Phi) is 5.32. The lowest BCUT2D eigenvalue weighted by molar-refractivity contribution is 0.422. The molecule has 0 heterocycles. The zero-order valence-electron chi connectivity index (χ0n) is 13.0. The minimum atomic E-state index is -1.04. The summed E-state index contributed by atoms with van der Waals surface area (Å²) >= 11 is 0. The molecule has 1 atom stereocenters. The van der Waals surface area contributed by atoms with Crippen molar-refractivity contribution in [1.29, 1.82) is 0 Å². The van der Waals surface area contributed by atoms with Crippen molar-refractivity contribution in [2.24, 2.45) is 0 Å². The molecular weight excluding hydrogens is 278 g/mol. The molecule has 0 bridgehead atoms. The van der Waals surface area contributed by atoms with Gasteiger partial charge in [0.15, 0.2) is 0 Å². The van der Waals surface area contributed by atoms with Crippen LogP contribution in [-0.2, 0) is 24.1 Å². The number of benzene rings is 2. The van der Waals surface area contributed by atoms with Gasteiger partial charge in [0.1, 0.15) is 11.0 Å². The van der Waals surface area contributed by atoms with Gasteiger partial charge in [-0.25, -0.2) is 8.51 Å². The first-order valence-electron chi connectivity index (χ1n) is 7.21. The molecule has 2 nitrogen and oxygen atoms in total. The van der Waals surface area contributed by atoms with Crippen LogP contribution in [0.4, 0.5) is 0 Å². The molecule has 0 aromatic heterocycles. The van der Waals surface area contributed by atoms with Crippen molar-refractivity contribution in [3.63, 3.8) is 0 Å². The number of hydrogen-bond donors (Lipinski definition) is 0. The van der Waals surface area contributed by atoms with Crippen LogP contribution in [0, 0.1) is 0 Å². The molecule has 0 saturated heterocycles. The molecule has 21 heavy (non-hydrogen) atoms. The molecule has 0 amide bonds. The third-order valence-electron chi connectivity index (χ3n) is 3.16. The lowest BCUT2D eigenvalue weighted by atomic mass is 10.2. The van der Waals surface area contributed by atoms with Gasteiger partial charge >= 0.3 is 0 Å². The van der Waals surface area contributed by atoms with E-state index in [9.17, 15) is 4.21 Å². The van der Waals surface area contributed by atoms with Gasteiger partial charge in [0.2, 0.25) is 0 Å². The molecule has 0 aliphatic rings. The summed E-state index contributed by atoms with van der Waals surface area (Å²) in [6.07, 6.45) is 0. The molecule has 0 aliphatic carbocycles. The average molecular weight is 301 g/mol. The molecule has 2 rings (SSSR count). The van der Waals surface area contributed by atoms with Gasteiger partial charge in [-0.05, 0) is 31.9 Å². The normalized spacial score (nSPS) is 13.3. The third kappa shape index (κ3) is 4.80. The summed E-state index contributed by atoms with van der Waals surface area (Å²) in [7, 11) is -1.04. The minimum absolute atomic E-state index is 0.260. The fourth-order valence-corrected chi connectivity index (χ4v) is 3.44. The maximum atomic E-state index is 12.8. The highest BCUT2D eigenvalue weighted by Gasteiger charge is 2.26. The van der Waals surface area contributed by atoms with Gasteiger partial charge in [-0.3, -0.25) is 0 Å². The van der Waals surface area contributed by atoms with E-state index in [0.29, 0.717) is 13.1 Å². The lowest BCUT2D eigenvalue weighted by Crippen LogP contribution is -2.36. The van der Waals surface area contributed by atoms with Crippen LogP contribution < -0.4 is 0 Å². The fraction of sp³-hybridized carbons (Fsp3) is 0.333. The summed E-state index contributed by atoms with van der Waals surface area (Å²) in [6, 6.07) is 20.4. The van der Waals surface area contributed by atoms with Crippen molar-refractivity contribution < 1.29 is 4.21 Å². The van der Waals surface area contributed by atoms with E-state index in [1.165, 1.54) is 11.1 Å². The molecule has 0 spiro atoms. The Morgan fingerprint density at radius 3 is 1.52 bits per heavy atom. The number of nitrogens with zero attached hydrogens (tertiary/aromatic N) is 1. The van der Waals surface area contributed by atoms with Crippen LogP contribution in [0.1, 0.15) is 31.9 Å². The molecule has 0 aliphatic heterocycles. The molecule has 112 valence electrons. The number of rotatable bonds is 5. The van der Waals surface area contributed by atoms with Gasteiger partial charge in [-0.1, -0.05) is 60.7 Å². The van der Waals surface area contributed by atoms with E-state index in [1.807, 2.05) is 61.5 Å². The molecule has 2 aromatic carbocycles. The Morgan fingerprint density at radius 2 is 1.19 bits per heavy atom. The summed E-state index contributed by atoms with van der Waals surface area (Å²) in [5.74, 6) is 0. The Hall–Kier alpha value is -1.45. The van der Waals surface area contributed by atoms with Crippen LogP contribution in [0.15, 0.2) is 60.7 Å². The molecule has 0 radical (unpaired) electrons. The zero-order chi connectivity index (χ0) is 15.3. The van der Waals surface area contributed by atoms with Gasteiger partial charge in [0.05, 0.1) is 4.75 Å². The summed E-state index contributed by atoms with van der Waals surface area (Å²) in [5.41, 5.74) is 2.37. The topological polar surface area (TPSA) is 20.3 Å². The summed E-state index contributed by atoms with van der Waals surface area (Å²) in [4.78, 5) is 0. The first-order chi connectivity index (χ1) is 9.97. The highest BCUT2D eigenvalue weighted by atomic mass is 32.2. The lowest BCUT2D eigenvalue weighted by Gasteiger charge is -2.29. The Labute approximate surface area is 130 Å². The van der Waals surface area contributed by atoms with E-state index in [-0.39, 0.29) is 4.75 Å². The van der Waals surface area contributed by atoms with Crippen molar-refractivity contribution in [2.75, 3.05) is 0 Å². The van der Waals surface area contributed by atoms with Crippen molar-refractivity contribution in [1.82, 2.24) is 4.31 Å². The molecule has 2 aromatic rings. The maximum Gasteiger partial charge on any atom is 0.100 e. The van der Waals surface area contributed by atoms with Crippen molar-refractivity contribution >= 4 is 11.0 Å². The summed E-state index contributed by atoms with van der Waals surface area (Å²) in [6.45, 7) is 7.45. The van der Waals surface area contributed by atoms with Gasteiger partial charge in [0, 0.05) is 13.1 Å². The Morgan fingerprint density at radius 1 is 0.810 bits per heavy atom. The van der Waals surface area contributed by atoms with Gasteiger partial charge < -0.3 is 0 Å². The highest BCUT2D eigenvalue weighted by molar-refractivity contribution is 7.84. The van der Waals surface area contributed by atoms with E-state index in [4.69, 9.17) is 0 Å². The van der Waals surface area contributed by atoms with Crippen molar-refractivity contribution in [3.8, 4) is 0 Å². The van der Waals surface area contributed by atoms with Gasteiger partial charge in [-0.2, -0.15) is 0 Å². The smallest absolute Gasteiger partial charge is 0.100 e. The van der Waals surface area contributed by atoms with Crippen LogP contribution in [0.3, 0.4) is 0 Å². The SMILES string of the molecule is CC(C)(C)S(=O)N(Cc1ccccc1)Cc1ccccc1. The first-order valence-corrected chi connectivity index (χ1v) is 8.32. The standard InChI is InChI=1S/C18H23NOS/c1-18(2,3)21(20)19(14-16-10-6-4-7-11-16)15-17-12-8-5-9-13-17/h4-13H,14-15H2,1-3H3. The Bertz CT molecular complexity index is 534. The molecule has 1 unspecified atom stereocenters.